The maximum absolute atomic E-state index is 5.90. The third kappa shape index (κ3) is 6.77. The van der Waals surface area contributed by atoms with Crippen LogP contribution in [-0.2, 0) is 6.54 Å². The minimum Gasteiger partial charge on any atom is -0.355 e. The molecule has 23 heavy (non-hydrogen) atoms. The maximum Gasteiger partial charge on any atom is 0.191 e. The van der Waals surface area contributed by atoms with Gasteiger partial charge in [-0.25, -0.2) is 0 Å². The van der Waals surface area contributed by atoms with Crippen LogP contribution >= 0.6 is 11.6 Å². The number of likely N-dealkylation sites (N-methyl/N-ethyl adjacent to an activating group) is 1. The third-order valence-electron chi connectivity index (χ3n) is 4.13. The smallest absolute Gasteiger partial charge is 0.191 e. The van der Waals surface area contributed by atoms with Gasteiger partial charge in [-0.3, -0.25) is 4.99 Å². The molecule has 2 N–H and O–H groups in total. The van der Waals surface area contributed by atoms with Gasteiger partial charge in [0.2, 0.25) is 0 Å². The van der Waals surface area contributed by atoms with E-state index in [0.717, 1.165) is 43.7 Å². The molecule has 0 aliphatic carbocycles. The Kier molecular flexibility index (Phi) is 7.65. The van der Waals surface area contributed by atoms with Crippen LogP contribution in [0.15, 0.2) is 29.3 Å². The molecule has 0 radical (unpaired) electrons. The minimum absolute atomic E-state index is 0.741. The Labute approximate surface area is 144 Å². The lowest BCUT2D eigenvalue weighted by Gasteiger charge is -2.21. The van der Waals surface area contributed by atoms with E-state index in [2.05, 4.69) is 32.5 Å². The van der Waals surface area contributed by atoms with Crippen LogP contribution in [0.1, 0.15) is 12.0 Å². The highest BCUT2D eigenvalue weighted by Gasteiger charge is 2.11. The third-order valence-corrected chi connectivity index (χ3v) is 4.38. The highest BCUT2D eigenvalue weighted by Crippen LogP contribution is 2.09. The quantitative estimate of drug-likeness (QED) is 0.633. The second kappa shape index (κ2) is 9.75. The van der Waals surface area contributed by atoms with Gasteiger partial charge in [0.05, 0.1) is 0 Å². The first-order valence-electron chi connectivity index (χ1n) is 8.27. The molecule has 1 aliphatic heterocycles. The number of hydrogen-bond acceptors (Lipinski definition) is 3. The van der Waals surface area contributed by atoms with E-state index in [1.807, 2.05) is 24.3 Å². The number of rotatable bonds is 5. The van der Waals surface area contributed by atoms with E-state index in [1.165, 1.54) is 25.1 Å². The van der Waals surface area contributed by atoms with Crippen LogP contribution < -0.4 is 10.6 Å². The molecule has 0 unspecified atom stereocenters. The van der Waals surface area contributed by atoms with Crippen molar-refractivity contribution in [3.05, 3.63) is 34.9 Å². The second-order valence-electron chi connectivity index (χ2n) is 5.98. The fourth-order valence-corrected chi connectivity index (χ4v) is 2.79. The molecule has 5 nitrogen and oxygen atoms in total. The predicted molar refractivity (Wildman–Crippen MR) is 98.2 cm³/mol. The fraction of sp³-hybridized carbons (Fsp3) is 0.588. The average Bonchev–Trinajstić information content (AvgIpc) is 2.77. The predicted octanol–water partition coefficient (Wildman–Crippen LogP) is 1.64. The highest BCUT2D eigenvalue weighted by atomic mass is 35.5. The van der Waals surface area contributed by atoms with Crippen molar-refractivity contribution in [2.24, 2.45) is 4.99 Å². The number of guanidine groups is 1. The van der Waals surface area contributed by atoms with E-state index in [9.17, 15) is 0 Å². The first kappa shape index (κ1) is 18.0. The summed E-state index contributed by atoms with van der Waals surface area (Å²) in [5.74, 6) is 0.840. The van der Waals surface area contributed by atoms with Crippen molar-refractivity contribution in [3.63, 3.8) is 0 Å². The lowest BCUT2D eigenvalue weighted by Crippen LogP contribution is -2.42. The summed E-state index contributed by atoms with van der Waals surface area (Å²) in [5.41, 5.74) is 1.19. The van der Waals surface area contributed by atoms with Crippen molar-refractivity contribution in [2.45, 2.75) is 13.0 Å². The lowest BCUT2D eigenvalue weighted by molar-refractivity contribution is 0.280. The number of benzene rings is 1. The molecule has 1 aliphatic rings. The van der Waals surface area contributed by atoms with Gasteiger partial charge in [-0.05, 0) is 44.3 Å². The molecule has 1 aromatic rings. The molecular weight excluding hydrogens is 310 g/mol. The molecule has 2 rings (SSSR count). The van der Waals surface area contributed by atoms with Crippen molar-refractivity contribution in [2.75, 3.05) is 53.4 Å². The van der Waals surface area contributed by atoms with Crippen LogP contribution in [-0.4, -0.2) is 69.1 Å². The van der Waals surface area contributed by atoms with Crippen molar-refractivity contribution in [1.29, 1.82) is 0 Å². The van der Waals surface area contributed by atoms with E-state index < -0.39 is 0 Å². The molecule has 1 saturated heterocycles. The van der Waals surface area contributed by atoms with Crippen LogP contribution in [0.3, 0.4) is 0 Å². The average molecular weight is 338 g/mol. The topological polar surface area (TPSA) is 42.9 Å². The van der Waals surface area contributed by atoms with Gasteiger partial charge in [-0.15, -0.1) is 0 Å². The first-order valence-corrected chi connectivity index (χ1v) is 8.65. The van der Waals surface area contributed by atoms with Crippen molar-refractivity contribution >= 4 is 17.6 Å². The van der Waals surface area contributed by atoms with Crippen molar-refractivity contribution in [1.82, 2.24) is 20.4 Å². The number of hydrogen-bond donors (Lipinski definition) is 2. The van der Waals surface area contributed by atoms with Gasteiger partial charge in [-0.2, -0.15) is 0 Å². The number of nitrogens with zero attached hydrogens (tertiary/aromatic N) is 3. The Morgan fingerprint density at radius 3 is 2.65 bits per heavy atom. The van der Waals surface area contributed by atoms with E-state index in [1.54, 1.807) is 7.05 Å². The summed E-state index contributed by atoms with van der Waals surface area (Å²) in [4.78, 5) is 9.20. The summed E-state index contributed by atoms with van der Waals surface area (Å²) in [6.07, 6.45) is 1.25. The Morgan fingerprint density at radius 1 is 1.13 bits per heavy atom. The van der Waals surface area contributed by atoms with Crippen LogP contribution in [0, 0.1) is 0 Å². The van der Waals surface area contributed by atoms with Crippen molar-refractivity contribution < 1.29 is 0 Å². The molecule has 0 atom stereocenters. The fourth-order valence-electron chi connectivity index (χ4n) is 2.66. The molecule has 1 heterocycles. The van der Waals surface area contributed by atoms with Crippen LogP contribution in [0.2, 0.25) is 5.02 Å². The zero-order valence-electron chi connectivity index (χ0n) is 14.2. The SMILES string of the molecule is CN=C(NCCN1CCCN(C)CC1)NCc1ccc(Cl)cc1. The van der Waals surface area contributed by atoms with Gasteiger partial charge in [0.25, 0.3) is 0 Å². The molecule has 1 aromatic carbocycles. The summed E-state index contributed by atoms with van der Waals surface area (Å²) < 4.78 is 0. The van der Waals surface area contributed by atoms with E-state index >= 15 is 0 Å². The molecule has 0 bridgehead atoms. The van der Waals surface area contributed by atoms with Gasteiger partial charge in [0.15, 0.2) is 5.96 Å². The van der Waals surface area contributed by atoms with E-state index in [-0.39, 0.29) is 0 Å². The van der Waals surface area contributed by atoms with Crippen LogP contribution in [0.4, 0.5) is 0 Å². The molecule has 0 amide bonds. The van der Waals surface area contributed by atoms with E-state index in [0.29, 0.717) is 0 Å². The maximum atomic E-state index is 5.90. The standard InChI is InChI=1S/C17H28ClN5/c1-19-17(21-14-15-4-6-16(18)7-5-15)20-8-11-23-10-3-9-22(2)12-13-23/h4-7H,3,8-14H2,1-2H3,(H2,19,20,21). The number of halogens is 1. The van der Waals surface area contributed by atoms with Gasteiger partial charge >= 0.3 is 0 Å². The zero-order valence-corrected chi connectivity index (χ0v) is 14.9. The summed E-state index contributed by atoms with van der Waals surface area (Å²) >= 11 is 5.90. The van der Waals surface area contributed by atoms with E-state index in [4.69, 9.17) is 11.6 Å². The molecule has 0 saturated carbocycles. The zero-order chi connectivity index (χ0) is 16.5. The normalized spacial score (nSPS) is 17.8. The first-order chi connectivity index (χ1) is 11.2. The Morgan fingerprint density at radius 2 is 1.91 bits per heavy atom. The Bertz CT molecular complexity index is 488. The summed E-state index contributed by atoms with van der Waals surface area (Å²) in [6.45, 7) is 7.39. The molecule has 128 valence electrons. The van der Waals surface area contributed by atoms with Gasteiger partial charge in [-0.1, -0.05) is 23.7 Å². The molecular formula is C17H28ClN5. The van der Waals surface area contributed by atoms with Crippen molar-refractivity contribution in [3.8, 4) is 0 Å². The summed E-state index contributed by atoms with van der Waals surface area (Å²) in [6, 6.07) is 7.86. The Balaban J connectivity index is 1.67. The monoisotopic (exact) mass is 337 g/mol. The number of aliphatic imine (C=N–C) groups is 1. The molecule has 1 fully saturated rings. The summed E-state index contributed by atoms with van der Waals surface area (Å²) in [7, 11) is 4.00. The van der Waals surface area contributed by atoms with Gasteiger partial charge in [0.1, 0.15) is 0 Å². The number of nitrogens with one attached hydrogen (secondary N) is 2. The van der Waals surface area contributed by atoms with Gasteiger partial charge in [0, 0.05) is 44.8 Å². The highest BCUT2D eigenvalue weighted by molar-refractivity contribution is 6.30. The second-order valence-corrected chi connectivity index (χ2v) is 6.41. The van der Waals surface area contributed by atoms with Gasteiger partial charge < -0.3 is 20.4 Å². The van der Waals surface area contributed by atoms with Crippen LogP contribution in [0.25, 0.3) is 0 Å². The largest absolute Gasteiger partial charge is 0.355 e. The minimum atomic E-state index is 0.741. The lowest BCUT2D eigenvalue weighted by atomic mass is 10.2. The summed E-state index contributed by atoms with van der Waals surface area (Å²) in [5, 5.41) is 7.48. The Hall–Kier alpha value is -1.30. The molecule has 0 aromatic heterocycles. The van der Waals surface area contributed by atoms with Crippen LogP contribution in [0.5, 0.6) is 0 Å². The molecule has 6 heteroatoms. The molecule has 0 spiro atoms.